The fourth-order valence-electron chi connectivity index (χ4n) is 5.10. The molecule has 1 saturated carbocycles. The number of halogens is 2. The summed E-state index contributed by atoms with van der Waals surface area (Å²) in [5.41, 5.74) is -1.54. The molecule has 0 nitrogen and oxygen atoms in total. The minimum Gasteiger partial charge on any atom is -0.201 e. The maximum Gasteiger partial charge on any atom is 0.279 e. The number of alkyl halides is 2. The second-order valence-corrected chi connectivity index (χ2v) is 8.13. The van der Waals surface area contributed by atoms with Crippen LogP contribution in [-0.4, -0.2) is 5.92 Å². The van der Waals surface area contributed by atoms with Crippen molar-refractivity contribution in [2.24, 2.45) is 10.8 Å². The summed E-state index contributed by atoms with van der Waals surface area (Å²) in [4.78, 5) is 0. The molecule has 0 aromatic heterocycles. The molecule has 0 saturated heterocycles. The van der Waals surface area contributed by atoms with Crippen LogP contribution in [0.4, 0.5) is 8.78 Å². The van der Waals surface area contributed by atoms with Gasteiger partial charge in [-0.1, -0.05) is 95.4 Å². The Kier molecular flexibility index (Phi) is 7.46. The number of unbranched alkanes of at least 4 members (excludes halogenated alkanes) is 6. The fraction of sp³-hybridized carbons (Fsp3) is 0.739. The molecule has 0 heterocycles. The van der Waals surface area contributed by atoms with Gasteiger partial charge in [0.1, 0.15) is 0 Å². The van der Waals surface area contributed by atoms with Crippen LogP contribution < -0.4 is 0 Å². The van der Waals surface area contributed by atoms with Gasteiger partial charge >= 0.3 is 0 Å². The molecule has 2 heteroatoms. The summed E-state index contributed by atoms with van der Waals surface area (Å²) < 4.78 is 30.1. The smallest absolute Gasteiger partial charge is 0.201 e. The number of allylic oxidation sites excluding steroid dienone is 5. The monoisotopic (exact) mass is 350 g/mol. The first kappa shape index (κ1) is 20.4. The van der Waals surface area contributed by atoms with Gasteiger partial charge in [-0.3, -0.25) is 0 Å². The molecule has 25 heavy (non-hydrogen) atoms. The molecule has 0 spiro atoms. The van der Waals surface area contributed by atoms with Crippen molar-refractivity contribution < 1.29 is 8.78 Å². The van der Waals surface area contributed by atoms with Crippen molar-refractivity contribution in [1.82, 2.24) is 0 Å². The number of hydrogen-bond acceptors (Lipinski definition) is 0. The Bertz CT molecular complexity index is 468. The molecule has 142 valence electrons. The molecule has 0 bridgehead atoms. The minimum absolute atomic E-state index is 0.332. The zero-order valence-electron chi connectivity index (χ0n) is 16.0. The van der Waals surface area contributed by atoms with E-state index in [1.807, 2.05) is 0 Å². The zero-order valence-corrected chi connectivity index (χ0v) is 16.0. The summed E-state index contributed by atoms with van der Waals surface area (Å²) in [6.07, 6.45) is 22.4. The second-order valence-electron chi connectivity index (χ2n) is 8.13. The normalized spacial score (nSPS) is 27.3. The van der Waals surface area contributed by atoms with E-state index < -0.39 is 11.3 Å². The topological polar surface area (TPSA) is 0 Å². The van der Waals surface area contributed by atoms with E-state index in [1.165, 1.54) is 51.0 Å². The summed E-state index contributed by atoms with van der Waals surface area (Å²) in [6.45, 7) is 6.12. The Morgan fingerprint density at radius 1 is 0.880 bits per heavy atom. The average Bonchev–Trinajstić information content (AvgIpc) is 2.61. The molecule has 0 amide bonds. The van der Waals surface area contributed by atoms with Crippen LogP contribution in [0.15, 0.2) is 37.0 Å². The molecule has 0 radical (unpaired) electrons. The predicted octanol–water partition coefficient (Wildman–Crippen LogP) is 8.01. The molecule has 0 N–H and O–H groups in total. The third-order valence-electron chi connectivity index (χ3n) is 6.60. The summed E-state index contributed by atoms with van der Waals surface area (Å²) in [5, 5.41) is 0. The van der Waals surface area contributed by atoms with Crippen LogP contribution in [0.5, 0.6) is 0 Å². The van der Waals surface area contributed by atoms with Crippen LogP contribution in [0, 0.1) is 10.8 Å². The first-order valence-corrected chi connectivity index (χ1v) is 10.4. The van der Waals surface area contributed by atoms with E-state index in [0.717, 1.165) is 44.6 Å². The van der Waals surface area contributed by atoms with Crippen LogP contribution in [0.2, 0.25) is 0 Å². The largest absolute Gasteiger partial charge is 0.279 e. The lowest BCUT2D eigenvalue weighted by molar-refractivity contribution is -0.115. The predicted molar refractivity (Wildman–Crippen MR) is 104 cm³/mol. The third-order valence-corrected chi connectivity index (χ3v) is 6.60. The van der Waals surface area contributed by atoms with E-state index in [-0.39, 0.29) is 5.41 Å². The third kappa shape index (κ3) is 4.26. The molecule has 1 atom stereocenters. The van der Waals surface area contributed by atoms with Crippen molar-refractivity contribution >= 4 is 0 Å². The SMILES string of the molecule is C=CC1(C2(CCCCCCCCC)CCCCC2)C=CC=CC1(F)F. The van der Waals surface area contributed by atoms with Gasteiger partial charge in [-0.15, -0.1) is 6.58 Å². The van der Waals surface area contributed by atoms with Crippen LogP contribution in [0.25, 0.3) is 0 Å². The second kappa shape index (κ2) is 9.14. The molecule has 2 aliphatic carbocycles. The maximum absolute atomic E-state index is 15.1. The Morgan fingerprint density at radius 3 is 2.08 bits per heavy atom. The van der Waals surface area contributed by atoms with Crippen molar-refractivity contribution in [2.75, 3.05) is 0 Å². The average molecular weight is 351 g/mol. The zero-order chi connectivity index (χ0) is 18.2. The van der Waals surface area contributed by atoms with Crippen molar-refractivity contribution in [3.63, 3.8) is 0 Å². The van der Waals surface area contributed by atoms with E-state index >= 15 is 8.78 Å². The standard InChI is InChI=1S/C23H36F2/c1-3-5-6-7-8-9-11-16-21(17-12-10-13-18-21)22(4-2)19-14-15-20-23(22,24)25/h4,14-15,19-20H,2-3,5-13,16-18H2,1H3. The van der Waals surface area contributed by atoms with Gasteiger partial charge in [-0.25, -0.2) is 8.78 Å². The Balaban J connectivity index is 2.07. The number of rotatable bonds is 10. The Morgan fingerprint density at radius 2 is 1.48 bits per heavy atom. The van der Waals surface area contributed by atoms with Crippen LogP contribution >= 0.6 is 0 Å². The highest BCUT2D eigenvalue weighted by Crippen LogP contribution is 2.62. The highest BCUT2D eigenvalue weighted by atomic mass is 19.3. The van der Waals surface area contributed by atoms with Crippen molar-refractivity contribution in [3.8, 4) is 0 Å². The minimum atomic E-state index is -2.83. The lowest BCUT2D eigenvalue weighted by Gasteiger charge is -2.53. The fourth-order valence-corrected chi connectivity index (χ4v) is 5.10. The van der Waals surface area contributed by atoms with Gasteiger partial charge in [0.25, 0.3) is 5.92 Å². The van der Waals surface area contributed by atoms with E-state index in [4.69, 9.17) is 0 Å². The quantitative estimate of drug-likeness (QED) is 0.276. The van der Waals surface area contributed by atoms with E-state index in [0.29, 0.717) is 0 Å². The van der Waals surface area contributed by atoms with Crippen molar-refractivity contribution in [3.05, 3.63) is 37.0 Å². The van der Waals surface area contributed by atoms with E-state index in [9.17, 15) is 0 Å². The highest BCUT2D eigenvalue weighted by molar-refractivity contribution is 5.33. The molecule has 0 aromatic carbocycles. The van der Waals surface area contributed by atoms with Gasteiger partial charge in [-0.2, -0.15) is 0 Å². The van der Waals surface area contributed by atoms with Gasteiger partial charge in [-0.05, 0) is 30.8 Å². The Hall–Kier alpha value is -0.920. The van der Waals surface area contributed by atoms with E-state index in [1.54, 1.807) is 18.2 Å². The lowest BCUT2D eigenvalue weighted by atomic mass is 9.52. The molecule has 2 aliphatic rings. The summed E-state index contributed by atoms with van der Waals surface area (Å²) in [5.74, 6) is -2.83. The first-order valence-electron chi connectivity index (χ1n) is 10.4. The van der Waals surface area contributed by atoms with Gasteiger partial charge in [0.15, 0.2) is 0 Å². The van der Waals surface area contributed by atoms with Crippen LogP contribution in [0.1, 0.15) is 90.4 Å². The number of hydrogen-bond donors (Lipinski definition) is 0. The molecule has 2 rings (SSSR count). The van der Waals surface area contributed by atoms with Crippen LogP contribution in [-0.2, 0) is 0 Å². The van der Waals surface area contributed by atoms with E-state index in [2.05, 4.69) is 13.5 Å². The summed E-state index contributed by atoms with van der Waals surface area (Å²) in [7, 11) is 0. The molecule has 0 aromatic rings. The lowest BCUT2D eigenvalue weighted by Crippen LogP contribution is -2.52. The molecular formula is C23H36F2. The summed E-state index contributed by atoms with van der Waals surface area (Å²) in [6, 6.07) is 0. The van der Waals surface area contributed by atoms with Crippen molar-refractivity contribution in [2.45, 2.75) is 96.3 Å². The maximum atomic E-state index is 15.1. The van der Waals surface area contributed by atoms with Gasteiger partial charge < -0.3 is 0 Å². The first-order chi connectivity index (χ1) is 12.0. The van der Waals surface area contributed by atoms with Gasteiger partial charge in [0.2, 0.25) is 0 Å². The molecule has 0 aliphatic heterocycles. The summed E-state index contributed by atoms with van der Waals surface area (Å²) >= 11 is 0. The molecular weight excluding hydrogens is 314 g/mol. The highest BCUT2D eigenvalue weighted by Gasteiger charge is 2.60. The Labute approximate surface area is 153 Å². The van der Waals surface area contributed by atoms with Gasteiger partial charge in [0, 0.05) is 0 Å². The van der Waals surface area contributed by atoms with Crippen LogP contribution in [0.3, 0.4) is 0 Å². The van der Waals surface area contributed by atoms with Crippen molar-refractivity contribution in [1.29, 1.82) is 0 Å². The molecule has 1 unspecified atom stereocenters. The molecule has 1 fully saturated rings. The van der Waals surface area contributed by atoms with Gasteiger partial charge in [0.05, 0.1) is 5.41 Å².